The van der Waals surface area contributed by atoms with Crippen LogP contribution in [0.25, 0.3) is 0 Å². The Balaban J connectivity index is 2.44. The molecule has 0 amide bonds. The molecule has 1 nitrogen and oxygen atoms in total. The first-order valence-electron chi connectivity index (χ1n) is 6.36. The van der Waals surface area contributed by atoms with Gasteiger partial charge in [-0.3, -0.25) is 0 Å². The SMILES string of the molecule is CCNC(c1ccc(C)cc1)c1cc(Br)ccc1F. The molecule has 100 valence electrons. The highest BCUT2D eigenvalue weighted by molar-refractivity contribution is 9.10. The first kappa shape index (κ1) is 14.2. The van der Waals surface area contributed by atoms with Crippen LogP contribution in [0.15, 0.2) is 46.9 Å². The van der Waals surface area contributed by atoms with Crippen LogP contribution in [-0.4, -0.2) is 6.54 Å². The van der Waals surface area contributed by atoms with Crippen LogP contribution in [0, 0.1) is 12.7 Å². The summed E-state index contributed by atoms with van der Waals surface area (Å²) in [5, 5.41) is 3.34. The molecule has 1 N–H and O–H groups in total. The monoisotopic (exact) mass is 321 g/mol. The molecule has 0 heterocycles. The summed E-state index contributed by atoms with van der Waals surface area (Å²) in [6.45, 7) is 4.85. The lowest BCUT2D eigenvalue weighted by atomic mass is 9.97. The largest absolute Gasteiger partial charge is 0.306 e. The fourth-order valence-electron chi connectivity index (χ4n) is 2.11. The topological polar surface area (TPSA) is 12.0 Å². The van der Waals surface area contributed by atoms with Crippen molar-refractivity contribution in [1.29, 1.82) is 0 Å². The fourth-order valence-corrected chi connectivity index (χ4v) is 2.49. The second-order valence-electron chi connectivity index (χ2n) is 4.57. The van der Waals surface area contributed by atoms with Gasteiger partial charge in [-0.05, 0) is 37.2 Å². The molecular weight excluding hydrogens is 305 g/mol. The second kappa shape index (κ2) is 6.31. The Hall–Kier alpha value is -1.19. The van der Waals surface area contributed by atoms with E-state index in [-0.39, 0.29) is 11.9 Å². The lowest BCUT2D eigenvalue weighted by Crippen LogP contribution is -2.23. The number of aryl methyl sites for hydroxylation is 1. The third-order valence-corrected chi connectivity index (χ3v) is 3.58. The molecule has 0 saturated carbocycles. The van der Waals surface area contributed by atoms with E-state index < -0.39 is 0 Å². The van der Waals surface area contributed by atoms with Gasteiger partial charge in [0.15, 0.2) is 0 Å². The maximum Gasteiger partial charge on any atom is 0.128 e. The van der Waals surface area contributed by atoms with Crippen molar-refractivity contribution in [2.24, 2.45) is 0 Å². The maximum atomic E-state index is 14.0. The summed E-state index contributed by atoms with van der Waals surface area (Å²) >= 11 is 3.41. The number of nitrogens with one attached hydrogen (secondary N) is 1. The first-order chi connectivity index (χ1) is 9.11. The van der Waals surface area contributed by atoms with E-state index in [1.165, 1.54) is 11.6 Å². The van der Waals surface area contributed by atoms with Crippen LogP contribution in [0.5, 0.6) is 0 Å². The average molecular weight is 322 g/mol. The molecule has 1 unspecified atom stereocenters. The predicted molar refractivity (Wildman–Crippen MR) is 80.8 cm³/mol. The van der Waals surface area contributed by atoms with E-state index in [9.17, 15) is 4.39 Å². The molecule has 2 aromatic carbocycles. The van der Waals surface area contributed by atoms with E-state index in [2.05, 4.69) is 33.4 Å². The zero-order valence-electron chi connectivity index (χ0n) is 11.1. The molecule has 0 aromatic heterocycles. The summed E-state index contributed by atoms with van der Waals surface area (Å²) in [5.41, 5.74) is 2.94. The van der Waals surface area contributed by atoms with Crippen LogP contribution >= 0.6 is 15.9 Å². The third kappa shape index (κ3) is 3.43. The Labute approximate surface area is 122 Å². The van der Waals surface area contributed by atoms with Gasteiger partial charge in [0.25, 0.3) is 0 Å². The first-order valence-corrected chi connectivity index (χ1v) is 7.16. The Morgan fingerprint density at radius 2 is 1.84 bits per heavy atom. The summed E-state index contributed by atoms with van der Waals surface area (Å²) in [4.78, 5) is 0. The van der Waals surface area contributed by atoms with Gasteiger partial charge in [-0.1, -0.05) is 52.7 Å². The lowest BCUT2D eigenvalue weighted by molar-refractivity contribution is 0.558. The number of rotatable bonds is 4. The van der Waals surface area contributed by atoms with Crippen LogP contribution in [0.3, 0.4) is 0 Å². The quantitative estimate of drug-likeness (QED) is 0.868. The molecule has 0 aliphatic rings. The minimum Gasteiger partial charge on any atom is -0.306 e. The maximum absolute atomic E-state index is 14.0. The lowest BCUT2D eigenvalue weighted by Gasteiger charge is -2.20. The van der Waals surface area contributed by atoms with Crippen LogP contribution in [-0.2, 0) is 0 Å². The van der Waals surface area contributed by atoms with E-state index in [0.29, 0.717) is 5.56 Å². The highest BCUT2D eigenvalue weighted by Crippen LogP contribution is 2.27. The minimum absolute atomic E-state index is 0.122. The standard InChI is InChI=1S/C16H17BrFN/c1-3-19-16(12-6-4-11(2)5-7-12)14-10-13(17)8-9-15(14)18/h4-10,16,19H,3H2,1-2H3. The number of benzene rings is 2. The fraction of sp³-hybridized carbons (Fsp3) is 0.250. The molecule has 0 radical (unpaired) electrons. The molecule has 1 atom stereocenters. The second-order valence-corrected chi connectivity index (χ2v) is 5.48. The van der Waals surface area contributed by atoms with Gasteiger partial charge in [0, 0.05) is 10.0 Å². The predicted octanol–water partition coefficient (Wildman–Crippen LogP) is 4.60. The van der Waals surface area contributed by atoms with Crippen molar-refractivity contribution < 1.29 is 4.39 Å². The number of halogens is 2. The van der Waals surface area contributed by atoms with Crippen molar-refractivity contribution in [3.8, 4) is 0 Å². The van der Waals surface area contributed by atoms with E-state index in [4.69, 9.17) is 0 Å². The van der Waals surface area contributed by atoms with Crippen molar-refractivity contribution in [3.05, 3.63) is 69.4 Å². The van der Waals surface area contributed by atoms with Gasteiger partial charge in [-0.2, -0.15) is 0 Å². The highest BCUT2D eigenvalue weighted by atomic mass is 79.9. The smallest absolute Gasteiger partial charge is 0.128 e. The van der Waals surface area contributed by atoms with Gasteiger partial charge in [-0.25, -0.2) is 4.39 Å². The summed E-state index contributed by atoms with van der Waals surface area (Å²) in [7, 11) is 0. The van der Waals surface area contributed by atoms with Crippen LogP contribution in [0.4, 0.5) is 4.39 Å². The van der Waals surface area contributed by atoms with Crippen LogP contribution < -0.4 is 5.32 Å². The minimum atomic E-state index is -0.185. The van der Waals surface area contributed by atoms with E-state index in [1.54, 1.807) is 6.07 Å². The summed E-state index contributed by atoms with van der Waals surface area (Å²) < 4.78 is 14.9. The van der Waals surface area contributed by atoms with Gasteiger partial charge < -0.3 is 5.32 Å². The number of hydrogen-bond acceptors (Lipinski definition) is 1. The van der Waals surface area contributed by atoms with Gasteiger partial charge >= 0.3 is 0 Å². The average Bonchev–Trinajstić information content (AvgIpc) is 2.40. The molecule has 3 heteroatoms. The molecule has 2 aromatic rings. The van der Waals surface area contributed by atoms with Crippen LogP contribution in [0.2, 0.25) is 0 Å². The van der Waals surface area contributed by atoms with Crippen molar-refractivity contribution in [2.75, 3.05) is 6.54 Å². The molecule has 0 fully saturated rings. The van der Waals surface area contributed by atoms with Crippen molar-refractivity contribution in [2.45, 2.75) is 19.9 Å². The summed E-state index contributed by atoms with van der Waals surface area (Å²) in [6.07, 6.45) is 0. The molecule has 0 aliphatic carbocycles. The van der Waals surface area contributed by atoms with Crippen LogP contribution in [0.1, 0.15) is 29.7 Å². The zero-order valence-corrected chi connectivity index (χ0v) is 12.7. The van der Waals surface area contributed by atoms with Crippen molar-refractivity contribution in [3.63, 3.8) is 0 Å². The van der Waals surface area contributed by atoms with Gasteiger partial charge in [0.05, 0.1) is 6.04 Å². The zero-order chi connectivity index (χ0) is 13.8. The molecule has 2 rings (SSSR count). The molecule has 0 bridgehead atoms. The molecule has 0 saturated heterocycles. The summed E-state index contributed by atoms with van der Waals surface area (Å²) in [5.74, 6) is -0.185. The van der Waals surface area contributed by atoms with Crippen molar-refractivity contribution >= 4 is 15.9 Å². The van der Waals surface area contributed by atoms with Crippen molar-refractivity contribution in [1.82, 2.24) is 5.32 Å². The number of hydrogen-bond donors (Lipinski definition) is 1. The van der Waals surface area contributed by atoms with E-state index in [0.717, 1.165) is 16.6 Å². The van der Waals surface area contributed by atoms with Gasteiger partial charge in [0.1, 0.15) is 5.82 Å². The molecule has 0 aliphatic heterocycles. The molecular formula is C16H17BrFN. The highest BCUT2D eigenvalue weighted by Gasteiger charge is 2.17. The van der Waals surface area contributed by atoms with Gasteiger partial charge in [0.2, 0.25) is 0 Å². The Bertz CT molecular complexity index is 551. The Kier molecular flexibility index (Phi) is 4.72. The Morgan fingerprint density at radius 1 is 1.16 bits per heavy atom. The third-order valence-electron chi connectivity index (χ3n) is 3.09. The molecule has 0 spiro atoms. The summed E-state index contributed by atoms with van der Waals surface area (Å²) in [6, 6.07) is 13.1. The normalized spacial score (nSPS) is 12.4. The van der Waals surface area contributed by atoms with Gasteiger partial charge in [-0.15, -0.1) is 0 Å². The Morgan fingerprint density at radius 3 is 2.47 bits per heavy atom. The van der Waals surface area contributed by atoms with E-state index in [1.807, 2.05) is 32.0 Å². The van der Waals surface area contributed by atoms with E-state index >= 15 is 0 Å². The molecule has 19 heavy (non-hydrogen) atoms.